The fourth-order valence-electron chi connectivity index (χ4n) is 3.10. The fraction of sp³-hybridized carbons (Fsp3) is 0.600. The zero-order valence-electron chi connectivity index (χ0n) is 16.2. The Labute approximate surface area is 150 Å². The van der Waals surface area contributed by atoms with Crippen LogP contribution in [0.2, 0.25) is 0 Å². The number of hydrogen-bond acceptors (Lipinski definition) is 3. The molecule has 0 saturated carbocycles. The summed E-state index contributed by atoms with van der Waals surface area (Å²) in [4.78, 5) is 29.0. The smallest absolute Gasteiger partial charge is 0.410 e. The van der Waals surface area contributed by atoms with Gasteiger partial charge in [0.1, 0.15) is 5.60 Å². The molecule has 0 aromatic heterocycles. The van der Waals surface area contributed by atoms with Crippen molar-refractivity contribution in [3.8, 4) is 0 Å². The van der Waals surface area contributed by atoms with E-state index in [9.17, 15) is 9.59 Å². The van der Waals surface area contributed by atoms with Gasteiger partial charge in [0, 0.05) is 25.0 Å². The molecule has 1 aromatic carbocycles. The second kappa shape index (κ2) is 7.46. The Balaban J connectivity index is 2.31. The molecule has 1 heterocycles. The molecule has 2 atom stereocenters. The first-order chi connectivity index (χ1) is 11.6. The van der Waals surface area contributed by atoms with Crippen LogP contribution in [0, 0.1) is 5.92 Å². The van der Waals surface area contributed by atoms with E-state index in [0.29, 0.717) is 13.1 Å². The van der Waals surface area contributed by atoms with Crippen LogP contribution in [-0.4, -0.2) is 46.5 Å². The van der Waals surface area contributed by atoms with Gasteiger partial charge in [-0.05, 0) is 33.3 Å². The van der Waals surface area contributed by atoms with Crippen molar-refractivity contribution < 1.29 is 14.3 Å². The summed E-state index contributed by atoms with van der Waals surface area (Å²) in [7, 11) is 0. The van der Waals surface area contributed by atoms with E-state index in [1.807, 2.05) is 76.8 Å². The van der Waals surface area contributed by atoms with Gasteiger partial charge in [0.2, 0.25) is 5.91 Å². The van der Waals surface area contributed by atoms with Gasteiger partial charge < -0.3 is 9.64 Å². The molecule has 2 rings (SSSR count). The highest BCUT2D eigenvalue weighted by molar-refractivity contribution is 5.79. The fourth-order valence-corrected chi connectivity index (χ4v) is 3.10. The number of piperazine rings is 1. The van der Waals surface area contributed by atoms with Gasteiger partial charge in [-0.2, -0.15) is 0 Å². The first-order valence-electron chi connectivity index (χ1n) is 8.95. The lowest BCUT2D eigenvalue weighted by atomic mass is 9.99. The van der Waals surface area contributed by atoms with E-state index in [4.69, 9.17) is 4.74 Å². The van der Waals surface area contributed by atoms with E-state index in [0.717, 1.165) is 5.56 Å². The largest absolute Gasteiger partial charge is 0.444 e. The number of amides is 2. The maximum atomic E-state index is 12.8. The lowest BCUT2D eigenvalue weighted by Gasteiger charge is -2.46. The molecule has 5 nitrogen and oxygen atoms in total. The van der Waals surface area contributed by atoms with E-state index in [2.05, 4.69) is 0 Å². The predicted octanol–water partition coefficient (Wildman–Crippen LogP) is 3.85. The molecule has 0 N–H and O–H groups in total. The highest BCUT2D eigenvalue weighted by Gasteiger charge is 2.39. The number of benzene rings is 1. The number of hydrogen-bond donors (Lipinski definition) is 0. The Kier molecular flexibility index (Phi) is 5.76. The van der Waals surface area contributed by atoms with E-state index in [1.165, 1.54) is 0 Å². The molecule has 0 radical (unpaired) electrons. The van der Waals surface area contributed by atoms with Crippen LogP contribution in [0.4, 0.5) is 4.79 Å². The minimum Gasteiger partial charge on any atom is -0.444 e. The number of ether oxygens (including phenoxy) is 1. The first kappa shape index (κ1) is 19.3. The third kappa shape index (κ3) is 4.74. The second-order valence-corrected chi connectivity index (χ2v) is 8.05. The number of carbonyl (C=O) groups excluding carboxylic acids is 2. The van der Waals surface area contributed by atoms with Crippen LogP contribution >= 0.6 is 0 Å². The molecule has 2 amide bonds. The zero-order valence-corrected chi connectivity index (χ0v) is 16.2. The van der Waals surface area contributed by atoms with Crippen molar-refractivity contribution in [2.24, 2.45) is 5.92 Å². The molecule has 1 aliphatic heterocycles. The summed E-state index contributed by atoms with van der Waals surface area (Å²) in [5.41, 5.74) is 0.466. The molecule has 1 fully saturated rings. The summed E-state index contributed by atoms with van der Waals surface area (Å²) in [6.45, 7) is 12.4. The lowest BCUT2D eigenvalue weighted by molar-refractivity contribution is -0.140. The monoisotopic (exact) mass is 346 g/mol. The number of nitrogens with zero attached hydrogens (tertiary/aromatic N) is 2. The van der Waals surface area contributed by atoms with Crippen LogP contribution in [0.5, 0.6) is 0 Å². The van der Waals surface area contributed by atoms with Crippen LogP contribution in [0.25, 0.3) is 0 Å². The molecular formula is C20H30N2O3. The van der Waals surface area contributed by atoms with Gasteiger partial charge >= 0.3 is 6.09 Å². The van der Waals surface area contributed by atoms with Crippen molar-refractivity contribution in [3.63, 3.8) is 0 Å². The van der Waals surface area contributed by atoms with E-state index >= 15 is 0 Å². The molecule has 1 saturated heterocycles. The molecule has 0 spiro atoms. The van der Waals surface area contributed by atoms with Crippen molar-refractivity contribution in [1.82, 2.24) is 9.80 Å². The maximum absolute atomic E-state index is 12.8. The summed E-state index contributed by atoms with van der Waals surface area (Å²) in [5, 5.41) is 0. The second-order valence-electron chi connectivity index (χ2n) is 8.05. The summed E-state index contributed by atoms with van der Waals surface area (Å²) < 4.78 is 5.60. The van der Waals surface area contributed by atoms with Crippen LogP contribution in [0.1, 0.15) is 53.1 Å². The summed E-state index contributed by atoms with van der Waals surface area (Å²) in [6, 6.07) is 9.61. The highest BCUT2D eigenvalue weighted by Crippen LogP contribution is 2.30. The predicted molar refractivity (Wildman–Crippen MR) is 98.1 cm³/mol. The van der Waals surface area contributed by atoms with Gasteiger partial charge in [-0.15, -0.1) is 0 Å². The molecule has 5 heteroatoms. The third-order valence-corrected chi connectivity index (χ3v) is 4.33. The van der Waals surface area contributed by atoms with Gasteiger partial charge in [-0.1, -0.05) is 44.2 Å². The lowest BCUT2D eigenvalue weighted by Crippen LogP contribution is -2.58. The number of rotatable bonds is 2. The Morgan fingerprint density at radius 1 is 1.08 bits per heavy atom. The van der Waals surface area contributed by atoms with Gasteiger partial charge in [0.15, 0.2) is 0 Å². The average Bonchev–Trinajstić information content (AvgIpc) is 2.53. The molecule has 138 valence electrons. The van der Waals surface area contributed by atoms with E-state index in [1.54, 1.807) is 4.90 Å². The molecule has 25 heavy (non-hydrogen) atoms. The Morgan fingerprint density at radius 3 is 2.20 bits per heavy atom. The standard InChI is InChI=1S/C20H30N2O3/c1-14(2)18(23)21-13-17(16-10-8-7-9-11-16)22(12-15(21)3)19(24)25-20(4,5)6/h7-11,14-15,17H,12-13H2,1-6H3/t15-,17-/m1/s1. The van der Waals surface area contributed by atoms with Gasteiger partial charge in [-0.3, -0.25) is 9.69 Å². The van der Waals surface area contributed by atoms with Crippen LogP contribution in [0.3, 0.4) is 0 Å². The summed E-state index contributed by atoms with van der Waals surface area (Å²) in [6.07, 6.45) is -0.329. The molecule has 0 aliphatic carbocycles. The van der Waals surface area contributed by atoms with Crippen molar-refractivity contribution in [3.05, 3.63) is 35.9 Å². The van der Waals surface area contributed by atoms with Crippen molar-refractivity contribution in [1.29, 1.82) is 0 Å². The molecular weight excluding hydrogens is 316 g/mol. The summed E-state index contributed by atoms with van der Waals surface area (Å²) in [5.74, 6) is 0.0595. The van der Waals surface area contributed by atoms with Crippen molar-refractivity contribution in [2.75, 3.05) is 13.1 Å². The SMILES string of the molecule is CC(C)C(=O)N1C[C@H](c2ccccc2)N(C(=O)OC(C)(C)C)C[C@H]1C. The molecule has 1 aliphatic rings. The maximum Gasteiger partial charge on any atom is 0.410 e. The molecule has 0 bridgehead atoms. The number of carbonyl (C=O) groups is 2. The van der Waals surface area contributed by atoms with Crippen LogP contribution in [-0.2, 0) is 9.53 Å². The normalized spacial score (nSPS) is 21.4. The van der Waals surface area contributed by atoms with E-state index in [-0.39, 0.29) is 30.0 Å². The third-order valence-electron chi connectivity index (χ3n) is 4.33. The van der Waals surface area contributed by atoms with Crippen molar-refractivity contribution in [2.45, 2.75) is 59.2 Å². The Bertz CT molecular complexity index is 607. The minimum atomic E-state index is -0.549. The molecule has 1 aromatic rings. The zero-order chi connectivity index (χ0) is 18.8. The van der Waals surface area contributed by atoms with E-state index < -0.39 is 5.60 Å². The molecule has 0 unspecified atom stereocenters. The Morgan fingerprint density at radius 2 is 1.68 bits per heavy atom. The van der Waals surface area contributed by atoms with Gasteiger partial charge in [0.05, 0.1) is 6.04 Å². The minimum absolute atomic E-state index is 0.0395. The quantitative estimate of drug-likeness (QED) is 0.817. The van der Waals surface area contributed by atoms with Crippen LogP contribution < -0.4 is 0 Å². The summed E-state index contributed by atoms with van der Waals surface area (Å²) >= 11 is 0. The highest BCUT2D eigenvalue weighted by atomic mass is 16.6. The average molecular weight is 346 g/mol. The van der Waals surface area contributed by atoms with Gasteiger partial charge in [0.25, 0.3) is 0 Å². The van der Waals surface area contributed by atoms with Gasteiger partial charge in [-0.25, -0.2) is 4.79 Å². The van der Waals surface area contributed by atoms with Crippen molar-refractivity contribution >= 4 is 12.0 Å². The Hall–Kier alpha value is -2.04. The van der Waals surface area contributed by atoms with Crippen LogP contribution in [0.15, 0.2) is 30.3 Å². The topological polar surface area (TPSA) is 49.9 Å². The first-order valence-corrected chi connectivity index (χ1v) is 8.95.